The first kappa shape index (κ1) is 22.5. The van der Waals surface area contributed by atoms with Crippen molar-refractivity contribution in [3.63, 3.8) is 0 Å². The van der Waals surface area contributed by atoms with Crippen LogP contribution in [0, 0.1) is 0 Å². The Kier molecular flexibility index (Phi) is 6.76. The van der Waals surface area contributed by atoms with Crippen LogP contribution in [-0.4, -0.2) is 57.4 Å². The lowest BCUT2D eigenvalue weighted by Crippen LogP contribution is -2.45. The molecule has 3 unspecified atom stereocenters. The van der Waals surface area contributed by atoms with E-state index in [0.717, 1.165) is 47.3 Å². The lowest BCUT2D eigenvalue weighted by atomic mass is 9.99. The summed E-state index contributed by atoms with van der Waals surface area (Å²) < 4.78 is 0. The standard InChI is InChI=1S/C25H28ClN5OS/c1-30-24(17-8-10-27-11-9-17)20-14-19(6-7-22(20)29-30)28-25(32)23-16-31(12-13-33-23)15-18-4-2-3-5-21(18)26/h2-11,14,23-25,28-29,32H,12-13,15-16H2,1H3. The molecular formula is C25H28ClN5OS. The first-order valence-corrected chi connectivity index (χ1v) is 12.6. The van der Waals surface area contributed by atoms with Crippen molar-refractivity contribution < 1.29 is 5.11 Å². The number of nitrogens with one attached hydrogen (secondary N) is 2. The van der Waals surface area contributed by atoms with E-state index in [1.165, 1.54) is 11.1 Å². The molecule has 6 nitrogen and oxygen atoms in total. The maximum atomic E-state index is 11.0. The quantitative estimate of drug-likeness (QED) is 0.450. The normalized spacial score (nSPS) is 21.9. The Morgan fingerprint density at radius 1 is 1.21 bits per heavy atom. The molecule has 0 aliphatic carbocycles. The van der Waals surface area contributed by atoms with Gasteiger partial charge in [0, 0.05) is 61.1 Å². The molecule has 2 aliphatic rings. The number of aliphatic hydroxyl groups is 1. The molecule has 5 rings (SSSR count). The summed E-state index contributed by atoms with van der Waals surface area (Å²) in [5.41, 5.74) is 8.91. The topological polar surface area (TPSA) is 63.7 Å². The van der Waals surface area contributed by atoms with E-state index < -0.39 is 6.23 Å². The van der Waals surface area contributed by atoms with E-state index in [2.05, 4.69) is 43.8 Å². The van der Waals surface area contributed by atoms with E-state index in [1.54, 1.807) is 0 Å². The molecule has 3 aromatic rings. The predicted octanol–water partition coefficient (Wildman–Crippen LogP) is 4.44. The smallest absolute Gasteiger partial charge is 0.137 e. The van der Waals surface area contributed by atoms with Crippen LogP contribution < -0.4 is 10.7 Å². The molecule has 2 aromatic carbocycles. The summed E-state index contributed by atoms with van der Waals surface area (Å²) in [7, 11) is 2.04. The summed E-state index contributed by atoms with van der Waals surface area (Å²) in [5, 5.41) is 17.4. The van der Waals surface area contributed by atoms with Gasteiger partial charge in [-0.2, -0.15) is 11.8 Å². The van der Waals surface area contributed by atoms with Crippen LogP contribution in [0.3, 0.4) is 0 Å². The van der Waals surface area contributed by atoms with Gasteiger partial charge in [0.05, 0.1) is 17.0 Å². The molecule has 0 bridgehead atoms. The minimum Gasteiger partial charge on any atom is -0.373 e. The summed E-state index contributed by atoms with van der Waals surface area (Å²) in [6.45, 7) is 2.59. The summed E-state index contributed by atoms with van der Waals surface area (Å²) in [6.07, 6.45) is 3.00. The van der Waals surface area contributed by atoms with Crippen molar-refractivity contribution in [3.05, 3.63) is 88.7 Å². The molecule has 3 atom stereocenters. The Bertz CT molecular complexity index is 1100. The third-order valence-corrected chi connectivity index (χ3v) is 7.87. The fourth-order valence-electron chi connectivity index (χ4n) is 4.59. The van der Waals surface area contributed by atoms with E-state index in [4.69, 9.17) is 11.6 Å². The van der Waals surface area contributed by atoms with E-state index in [0.29, 0.717) is 0 Å². The van der Waals surface area contributed by atoms with E-state index >= 15 is 0 Å². The van der Waals surface area contributed by atoms with Gasteiger partial charge in [-0.3, -0.25) is 9.88 Å². The van der Waals surface area contributed by atoms with Gasteiger partial charge in [0.2, 0.25) is 0 Å². The molecule has 3 heterocycles. The number of anilines is 2. The number of rotatable bonds is 6. The van der Waals surface area contributed by atoms with Gasteiger partial charge < -0.3 is 15.8 Å². The van der Waals surface area contributed by atoms with Crippen molar-refractivity contribution in [1.82, 2.24) is 14.9 Å². The number of aliphatic hydroxyl groups excluding tert-OH is 1. The molecule has 1 fully saturated rings. The van der Waals surface area contributed by atoms with Crippen LogP contribution in [0.25, 0.3) is 0 Å². The number of benzene rings is 2. The van der Waals surface area contributed by atoms with Crippen molar-refractivity contribution in [2.24, 2.45) is 0 Å². The highest BCUT2D eigenvalue weighted by Crippen LogP contribution is 2.40. The number of hydrazine groups is 1. The Balaban J connectivity index is 1.27. The van der Waals surface area contributed by atoms with Crippen molar-refractivity contribution in [2.75, 3.05) is 36.6 Å². The second kappa shape index (κ2) is 9.91. The minimum atomic E-state index is -0.645. The second-order valence-electron chi connectivity index (χ2n) is 8.53. The molecule has 2 aliphatic heterocycles. The van der Waals surface area contributed by atoms with Gasteiger partial charge in [-0.15, -0.1) is 0 Å². The van der Waals surface area contributed by atoms with Gasteiger partial charge in [-0.25, -0.2) is 5.01 Å². The van der Waals surface area contributed by atoms with E-state index in [9.17, 15) is 5.11 Å². The van der Waals surface area contributed by atoms with Crippen LogP contribution in [0.5, 0.6) is 0 Å². The number of nitrogens with zero attached hydrogens (tertiary/aromatic N) is 3. The lowest BCUT2D eigenvalue weighted by molar-refractivity contribution is 0.165. The van der Waals surface area contributed by atoms with Gasteiger partial charge >= 0.3 is 0 Å². The largest absolute Gasteiger partial charge is 0.373 e. The molecule has 0 saturated carbocycles. The van der Waals surface area contributed by atoms with Gasteiger partial charge in [0.1, 0.15) is 6.23 Å². The molecule has 0 spiro atoms. The zero-order valence-corrected chi connectivity index (χ0v) is 20.1. The average Bonchev–Trinajstić information content (AvgIpc) is 3.16. The monoisotopic (exact) mass is 481 g/mol. The highest BCUT2D eigenvalue weighted by atomic mass is 35.5. The van der Waals surface area contributed by atoms with Gasteiger partial charge in [-0.05, 0) is 47.5 Å². The van der Waals surface area contributed by atoms with Gasteiger partial charge in [0.25, 0.3) is 0 Å². The summed E-state index contributed by atoms with van der Waals surface area (Å²) in [6, 6.07) is 18.4. The molecule has 1 saturated heterocycles. The van der Waals surface area contributed by atoms with Crippen LogP contribution in [0.4, 0.5) is 11.4 Å². The molecule has 0 radical (unpaired) electrons. The molecule has 0 amide bonds. The van der Waals surface area contributed by atoms with Crippen molar-refractivity contribution in [2.45, 2.75) is 24.1 Å². The number of aromatic nitrogens is 1. The van der Waals surface area contributed by atoms with Crippen molar-refractivity contribution in [3.8, 4) is 0 Å². The van der Waals surface area contributed by atoms with E-state index in [1.807, 2.05) is 67.6 Å². The highest BCUT2D eigenvalue weighted by Gasteiger charge is 2.30. The van der Waals surface area contributed by atoms with Crippen LogP contribution in [0.2, 0.25) is 5.02 Å². The average molecular weight is 482 g/mol. The molecule has 3 N–H and O–H groups in total. The van der Waals surface area contributed by atoms with Gasteiger partial charge in [0.15, 0.2) is 0 Å². The van der Waals surface area contributed by atoms with Gasteiger partial charge in [-0.1, -0.05) is 29.8 Å². The van der Waals surface area contributed by atoms with Crippen LogP contribution in [0.15, 0.2) is 67.0 Å². The summed E-state index contributed by atoms with van der Waals surface area (Å²) in [4.78, 5) is 6.52. The number of fused-ring (bicyclic) bond motifs is 1. The predicted molar refractivity (Wildman–Crippen MR) is 137 cm³/mol. The Morgan fingerprint density at radius 3 is 2.85 bits per heavy atom. The summed E-state index contributed by atoms with van der Waals surface area (Å²) in [5.74, 6) is 0.983. The van der Waals surface area contributed by atoms with Crippen LogP contribution >= 0.6 is 23.4 Å². The van der Waals surface area contributed by atoms with Crippen LogP contribution in [0.1, 0.15) is 22.7 Å². The number of pyridine rings is 1. The number of hydrogen-bond donors (Lipinski definition) is 3. The fraction of sp³-hybridized carbons (Fsp3) is 0.320. The molecule has 172 valence electrons. The Hall–Kier alpha value is -2.29. The zero-order chi connectivity index (χ0) is 22.8. The molecule has 33 heavy (non-hydrogen) atoms. The third-order valence-electron chi connectivity index (χ3n) is 6.25. The Morgan fingerprint density at radius 2 is 2.03 bits per heavy atom. The number of halogens is 1. The molecule has 1 aromatic heterocycles. The maximum absolute atomic E-state index is 11.0. The first-order valence-electron chi connectivity index (χ1n) is 11.1. The highest BCUT2D eigenvalue weighted by molar-refractivity contribution is 8.00. The zero-order valence-electron chi connectivity index (χ0n) is 18.5. The second-order valence-corrected chi connectivity index (χ2v) is 10.3. The SMILES string of the molecule is CN1Nc2ccc(NC(O)C3CN(Cc4ccccc4Cl)CCS3)cc2C1c1ccncc1. The number of thioether (sulfide) groups is 1. The summed E-state index contributed by atoms with van der Waals surface area (Å²) >= 11 is 8.17. The molecule has 8 heteroatoms. The minimum absolute atomic E-state index is 0.0753. The van der Waals surface area contributed by atoms with Crippen molar-refractivity contribution in [1.29, 1.82) is 0 Å². The number of hydrogen-bond acceptors (Lipinski definition) is 7. The molecular weight excluding hydrogens is 454 g/mol. The van der Waals surface area contributed by atoms with Crippen LogP contribution in [-0.2, 0) is 6.54 Å². The fourth-order valence-corrected chi connectivity index (χ4v) is 6.02. The Labute approximate surface area is 203 Å². The lowest BCUT2D eigenvalue weighted by Gasteiger charge is -2.35. The maximum Gasteiger partial charge on any atom is 0.137 e. The third kappa shape index (κ3) is 4.98. The van der Waals surface area contributed by atoms with Crippen molar-refractivity contribution >= 4 is 34.7 Å². The first-order chi connectivity index (χ1) is 16.1. The van der Waals surface area contributed by atoms with E-state index in [-0.39, 0.29) is 11.3 Å².